The summed E-state index contributed by atoms with van der Waals surface area (Å²) in [5.41, 5.74) is -0.257. The van der Waals surface area contributed by atoms with Gasteiger partial charge < -0.3 is 14.8 Å². The molecule has 1 rings (SSSR count). The predicted molar refractivity (Wildman–Crippen MR) is 74.7 cm³/mol. The van der Waals surface area contributed by atoms with Crippen LogP contribution in [0, 0.1) is 6.57 Å². The van der Waals surface area contributed by atoms with Crippen molar-refractivity contribution in [3.63, 3.8) is 0 Å². The van der Waals surface area contributed by atoms with Crippen molar-refractivity contribution in [3.8, 4) is 0 Å². The number of nitrogens with zero attached hydrogens (tertiary/aromatic N) is 1. The monoisotopic (exact) mass is 296 g/mol. The van der Waals surface area contributed by atoms with E-state index in [4.69, 9.17) is 11.3 Å². The molecule has 0 aromatic carbocycles. The predicted octanol–water partition coefficient (Wildman–Crippen LogP) is 3.04. The Morgan fingerprint density at radius 1 is 1.45 bits per heavy atom. The van der Waals surface area contributed by atoms with Crippen molar-refractivity contribution in [2.75, 3.05) is 7.11 Å². The Morgan fingerprint density at radius 3 is 2.55 bits per heavy atom. The Kier molecular flexibility index (Phi) is 5.11. The highest BCUT2D eigenvalue weighted by atomic mass is 32.1. The first-order valence-corrected chi connectivity index (χ1v) is 6.68. The van der Waals surface area contributed by atoms with Crippen LogP contribution in [0.5, 0.6) is 0 Å². The van der Waals surface area contributed by atoms with Crippen LogP contribution in [-0.2, 0) is 14.3 Å². The van der Waals surface area contributed by atoms with E-state index >= 15 is 0 Å². The zero-order chi connectivity index (χ0) is 15.3. The summed E-state index contributed by atoms with van der Waals surface area (Å²) in [5.74, 6) is -0.616. The second-order valence-corrected chi connectivity index (χ2v) is 5.86. The van der Waals surface area contributed by atoms with Crippen molar-refractivity contribution >= 4 is 29.1 Å². The summed E-state index contributed by atoms with van der Waals surface area (Å²) in [5, 5.41) is 4.06. The second-order valence-electron chi connectivity index (χ2n) is 4.92. The van der Waals surface area contributed by atoms with E-state index in [0.717, 1.165) is 0 Å². The van der Waals surface area contributed by atoms with Gasteiger partial charge >= 0.3 is 12.1 Å². The molecule has 0 spiro atoms. The number of thiophene rings is 1. The maximum atomic E-state index is 11.7. The Morgan fingerprint density at radius 2 is 2.10 bits per heavy atom. The first kappa shape index (κ1) is 16.0. The Labute approximate surface area is 121 Å². The zero-order valence-corrected chi connectivity index (χ0v) is 12.5. The van der Waals surface area contributed by atoms with Crippen LogP contribution in [-0.4, -0.2) is 24.8 Å². The van der Waals surface area contributed by atoms with Gasteiger partial charge in [-0.25, -0.2) is 14.4 Å². The van der Waals surface area contributed by atoms with Gasteiger partial charge in [0.25, 0.3) is 0 Å². The van der Waals surface area contributed by atoms with Crippen LogP contribution >= 0.6 is 11.3 Å². The minimum Gasteiger partial charge on any atom is -0.467 e. The number of carbonyl (C=O) groups excluding carboxylic acids is 2. The quantitative estimate of drug-likeness (QED) is 0.687. The maximum absolute atomic E-state index is 11.7. The number of nitrogens with one attached hydrogen (secondary N) is 1. The first-order chi connectivity index (χ1) is 9.26. The molecule has 1 aromatic rings. The molecule has 0 bridgehead atoms. The number of hydrogen-bond acceptors (Lipinski definition) is 5. The van der Waals surface area contributed by atoms with Crippen molar-refractivity contribution in [2.24, 2.45) is 0 Å². The molecule has 0 aliphatic rings. The maximum Gasteiger partial charge on any atom is 0.408 e. The van der Waals surface area contributed by atoms with E-state index in [2.05, 4.69) is 14.9 Å². The summed E-state index contributed by atoms with van der Waals surface area (Å²) < 4.78 is 9.76. The largest absolute Gasteiger partial charge is 0.467 e. The van der Waals surface area contributed by atoms with E-state index < -0.39 is 23.7 Å². The standard InChI is InChI=1S/C13H16N2O4S/c1-13(2,3)19-12(17)15-10(11(16)18-5)9-6-8(14-4)7-20-9/h6-7,10H,1-3,5H3,(H,15,17). The highest BCUT2D eigenvalue weighted by molar-refractivity contribution is 7.10. The molecule has 1 unspecified atom stereocenters. The number of ether oxygens (including phenoxy) is 2. The van der Waals surface area contributed by atoms with E-state index in [1.165, 1.54) is 24.5 Å². The lowest BCUT2D eigenvalue weighted by molar-refractivity contribution is -0.143. The van der Waals surface area contributed by atoms with Gasteiger partial charge in [-0.1, -0.05) is 0 Å². The molecule has 1 N–H and O–H groups in total. The zero-order valence-electron chi connectivity index (χ0n) is 11.7. The third kappa shape index (κ3) is 4.55. The molecule has 0 aliphatic carbocycles. The van der Waals surface area contributed by atoms with Gasteiger partial charge in [-0.2, -0.15) is 11.3 Å². The van der Waals surface area contributed by atoms with Crippen molar-refractivity contribution in [2.45, 2.75) is 32.4 Å². The summed E-state index contributed by atoms with van der Waals surface area (Å²) in [6.45, 7) is 12.1. The normalized spacial score (nSPS) is 12.2. The fourth-order valence-corrected chi connectivity index (χ4v) is 2.20. The molecule has 20 heavy (non-hydrogen) atoms. The summed E-state index contributed by atoms with van der Waals surface area (Å²) in [6, 6.07) is 0.562. The van der Waals surface area contributed by atoms with Crippen LogP contribution in [0.15, 0.2) is 11.4 Å². The number of hydrogen-bond donors (Lipinski definition) is 1. The first-order valence-electron chi connectivity index (χ1n) is 5.80. The van der Waals surface area contributed by atoms with Gasteiger partial charge in [0.15, 0.2) is 11.7 Å². The van der Waals surface area contributed by atoms with Crippen molar-refractivity contribution < 1.29 is 19.1 Å². The number of carbonyl (C=O) groups is 2. The molecule has 1 amide bonds. The number of amides is 1. The van der Waals surface area contributed by atoms with E-state index in [1.807, 2.05) is 0 Å². The SMILES string of the molecule is [C-]#[N+]c1csc(C(NC(=O)OC(C)(C)C)C(=O)OC)c1. The van der Waals surface area contributed by atoms with E-state index in [0.29, 0.717) is 10.6 Å². The summed E-state index contributed by atoms with van der Waals surface area (Å²) >= 11 is 1.20. The fourth-order valence-electron chi connectivity index (χ4n) is 1.34. The Bertz CT molecular complexity index is 539. The molecule has 0 saturated heterocycles. The summed E-state index contributed by atoms with van der Waals surface area (Å²) in [4.78, 5) is 27.3. The topological polar surface area (TPSA) is 69.0 Å². The highest BCUT2D eigenvalue weighted by Crippen LogP contribution is 2.28. The molecular formula is C13H16N2O4S. The van der Waals surface area contributed by atoms with E-state index in [1.54, 1.807) is 26.2 Å². The van der Waals surface area contributed by atoms with Crippen LogP contribution in [0.4, 0.5) is 10.5 Å². The number of methoxy groups -OCH3 is 1. The number of alkyl carbamates (subject to hydrolysis) is 1. The van der Waals surface area contributed by atoms with Crippen LogP contribution in [0.1, 0.15) is 31.7 Å². The number of esters is 1. The van der Waals surface area contributed by atoms with Gasteiger partial charge in [-0.3, -0.25) is 0 Å². The molecule has 1 heterocycles. The van der Waals surface area contributed by atoms with Crippen LogP contribution < -0.4 is 5.32 Å². The summed E-state index contributed by atoms with van der Waals surface area (Å²) in [7, 11) is 1.23. The average Bonchev–Trinajstić information content (AvgIpc) is 2.81. The molecule has 6 nitrogen and oxygen atoms in total. The molecule has 0 fully saturated rings. The van der Waals surface area contributed by atoms with Crippen molar-refractivity contribution in [1.29, 1.82) is 0 Å². The second kappa shape index (κ2) is 6.39. The molecule has 1 aromatic heterocycles. The molecule has 0 radical (unpaired) electrons. The molecule has 1 atom stereocenters. The van der Waals surface area contributed by atoms with Crippen molar-refractivity contribution in [1.82, 2.24) is 5.32 Å². The minimum atomic E-state index is -0.977. The molecule has 0 aliphatic heterocycles. The van der Waals surface area contributed by atoms with Crippen LogP contribution in [0.25, 0.3) is 4.85 Å². The average molecular weight is 296 g/mol. The minimum absolute atomic E-state index is 0.407. The molecule has 0 saturated carbocycles. The fraction of sp³-hybridized carbons (Fsp3) is 0.462. The van der Waals surface area contributed by atoms with Crippen LogP contribution in [0.3, 0.4) is 0 Å². The smallest absolute Gasteiger partial charge is 0.408 e. The molecule has 108 valence electrons. The number of rotatable bonds is 3. The van der Waals surface area contributed by atoms with Gasteiger partial charge in [-0.15, -0.1) is 0 Å². The third-order valence-electron chi connectivity index (χ3n) is 2.12. The van der Waals surface area contributed by atoms with Gasteiger partial charge in [0.1, 0.15) is 5.60 Å². The van der Waals surface area contributed by atoms with Gasteiger partial charge in [0.2, 0.25) is 0 Å². The van der Waals surface area contributed by atoms with Crippen LogP contribution in [0.2, 0.25) is 0 Å². The highest BCUT2D eigenvalue weighted by Gasteiger charge is 2.27. The Balaban J connectivity index is 2.89. The van der Waals surface area contributed by atoms with Gasteiger partial charge in [0.05, 0.1) is 13.7 Å². The van der Waals surface area contributed by atoms with E-state index in [-0.39, 0.29) is 0 Å². The Hall–Kier alpha value is -2.07. The van der Waals surface area contributed by atoms with Gasteiger partial charge in [0, 0.05) is 4.88 Å². The summed E-state index contributed by atoms with van der Waals surface area (Å²) in [6.07, 6.45) is -0.717. The lowest BCUT2D eigenvalue weighted by atomic mass is 10.2. The third-order valence-corrected chi connectivity index (χ3v) is 3.10. The lowest BCUT2D eigenvalue weighted by Crippen LogP contribution is -2.38. The van der Waals surface area contributed by atoms with Crippen molar-refractivity contribution in [3.05, 3.63) is 27.7 Å². The van der Waals surface area contributed by atoms with Gasteiger partial charge in [-0.05, 0) is 32.2 Å². The molecular weight excluding hydrogens is 280 g/mol. The molecule has 7 heteroatoms. The van der Waals surface area contributed by atoms with E-state index in [9.17, 15) is 9.59 Å². The lowest BCUT2D eigenvalue weighted by Gasteiger charge is -2.22.